The zero-order chi connectivity index (χ0) is 12.3. The number of rotatable bonds is 3. The molecule has 0 radical (unpaired) electrons. The van der Waals surface area contributed by atoms with Crippen molar-refractivity contribution < 1.29 is 13.9 Å². The van der Waals surface area contributed by atoms with Crippen molar-refractivity contribution >= 4 is 6.29 Å². The molecule has 3 heteroatoms. The van der Waals surface area contributed by atoms with Crippen molar-refractivity contribution in [2.24, 2.45) is 0 Å². The van der Waals surface area contributed by atoms with Crippen LogP contribution in [0.1, 0.15) is 15.9 Å². The lowest BCUT2D eigenvalue weighted by molar-refractivity contribution is 0.112. The maximum atomic E-state index is 12.9. The predicted octanol–water partition coefficient (Wildman–Crippen LogP) is 3.74. The smallest absolute Gasteiger partial charge is 0.153 e. The van der Waals surface area contributed by atoms with E-state index in [4.69, 9.17) is 4.74 Å². The largest absolute Gasteiger partial charge is 0.457 e. The molecule has 0 fully saturated rings. The van der Waals surface area contributed by atoms with Gasteiger partial charge in [0.15, 0.2) is 6.29 Å². The number of benzene rings is 2. The van der Waals surface area contributed by atoms with E-state index in [0.717, 1.165) is 11.6 Å². The molecule has 0 atom stereocenters. The number of aryl methyl sites for hydroxylation is 1. The van der Waals surface area contributed by atoms with E-state index < -0.39 is 5.82 Å². The van der Waals surface area contributed by atoms with Gasteiger partial charge in [0.05, 0.1) is 5.56 Å². The Kier molecular flexibility index (Phi) is 3.19. The summed E-state index contributed by atoms with van der Waals surface area (Å²) in [4.78, 5) is 10.8. The molecule has 0 aromatic heterocycles. The third kappa shape index (κ3) is 2.69. The molecule has 0 saturated heterocycles. The summed E-state index contributed by atoms with van der Waals surface area (Å²) in [6.45, 7) is 1.97. The Labute approximate surface area is 98.7 Å². The summed E-state index contributed by atoms with van der Waals surface area (Å²) in [5.74, 6) is 0.513. The van der Waals surface area contributed by atoms with Gasteiger partial charge in [-0.05, 0) is 37.3 Å². The first-order chi connectivity index (χ1) is 8.19. The van der Waals surface area contributed by atoms with Crippen LogP contribution in [0.15, 0.2) is 42.5 Å². The second-order valence-corrected chi connectivity index (χ2v) is 3.72. The van der Waals surface area contributed by atoms with Crippen LogP contribution in [0.3, 0.4) is 0 Å². The van der Waals surface area contributed by atoms with E-state index in [1.54, 1.807) is 12.1 Å². The Hall–Kier alpha value is -2.16. The first-order valence-corrected chi connectivity index (χ1v) is 5.18. The van der Waals surface area contributed by atoms with Gasteiger partial charge in [-0.1, -0.05) is 17.7 Å². The van der Waals surface area contributed by atoms with Crippen LogP contribution in [0, 0.1) is 12.7 Å². The van der Waals surface area contributed by atoms with Gasteiger partial charge in [-0.3, -0.25) is 4.79 Å². The van der Waals surface area contributed by atoms with Crippen molar-refractivity contribution in [3.63, 3.8) is 0 Å². The van der Waals surface area contributed by atoms with Gasteiger partial charge in [-0.2, -0.15) is 0 Å². The van der Waals surface area contributed by atoms with Gasteiger partial charge in [-0.15, -0.1) is 0 Å². The lowest BCUT2D eigenvalue weighted by Gasteiger charge is -2.08. The van der Waals surface area contributed by atoms with Crippen LogP contribution in [-0.4, -0.2) is 6.29 Å². The fourth-order valence-electron chi connectivity index (χ4n) is 1.44. The van der Waals surface area contributed by atoms with E-state index in [9.17, 15) is 9.18 Å². The van der Waals surface area contributed by atoms with Crippen molar-refractivity contribution in [1.29, 1.82) is 0 Å². The molecular weight excluding hydrogens is 219 g/mol. The van der Waals surface area contributed by atoms with Gasteiger partial charge in [0.2, 0.25) is 0 Å². The van der Waals surface area contributed by atoms with Crippen LogP contribution in [-0.2, 0) is 0 Å². The van der Waals surface area contributed by atoms with E-state index in [-0.39, 0.29) is 5.56 Å². The minimum Gasteiger partial charge on any atom is -0.457 e. The minimum absolute atomic E-state index is 0.200. The number of hydrogen-bond acceptors (Lipinski definition) is 2. The molecule has 2 rings (SSSR count). The summed E-state index contributed by atoms with van der Waals surface area (Å²) in [7, 11) is 0. The van der Waals surface area contributed by atoms with Crippen LogP contribution >= 0.6 is 0 Å². The molecule has 0 heterocycles. The van der Waals surface area contributed by atoms with Gasteiger partial charge in [-0.25, -0.2) is 4.39 Å². The highest BCUT2D eigenvalue weighted by Gasteiger charge is 2.05. The average Bonchev–Trinajstić information content (AvgIpc) is 2.34. The molecule has 2 nitrogen and oxygen atoms in total. The number of ether oxygens (including phenoxy) is 1. The molecule has 0 aliphatic carbocycles. The van der Waals surface area contributed by atoms with Crippen LogP contribution in [0.25, 0.3) is 0 Å². The van der Waals surface area contributed by atoms with Gasteiger partial charge in [0, 0.05) is 0 Å². The second-order valence-electron chi connectivity index (χ2n) is 3.72. The van der Waals surface area contributed by atoms with Crippen molar-refractivity contribution in [2.75, 3.05) is 0 Å². The molecule has 0 N–H and O–H groups in total. The summed E-state index contributed by atoms with van der Waals surface area (Å²) in [6.07, 6.45) is 0.576. The highest BCUT2D eigenvalue weighted by Crippen LogP contribution is 2.25. The Balaban J connectivity index is 2.29. The quantitative estimate of drug-likeness (QED) is 0.751. The molecule has 0 saturated carbocycles. The fraction of sp³-hybridized carbons (Fsp3) is 0.0714. The molecule has 86 valence electrons. The molecule has 0 bridgehead atoms. The lowest BCUT2D eigenvalue weighted by Crippen LogP contribution is -1.91. The normalized spacial score (nSPS) is 10.0. The van der Waals surface area contributed by atoms with Crippen molar-refractivity contribution in [3.05, 3.63) is 59.4 Å². The van der Waals surface area contributed by atoms with E-state index in [1.165, 1.54) is 12.1 Å². The van der Waals surface area contributed by atoms with Crippen molar-refractivity contribution in [1.82, 2.24) is 0 Å². The zero-order valence-corrected chi connectivity index (χ0v) is 9.31. The summed E-state index contributed by atoms with van der Waals surface area (Å²) in [5.41, 5.74) is 1.32. The van der Waals surface area contributed by atoms with Gasteiger partial charge >= 0.3 is 0 Å². The topological polar surface area (TPSA) is 26.3 Å². The number of carbonyl (C=O) groups is 1. The van der Waals surface area contributed by atoms with E-state index >= 15 is 0 Å². The van der Waals surface area contributed by atoms with Gasteiger partial charge in [0.1, 0.15) is 17.3 Å². The fourth-order valence-corrected chi connectivity index (χ4v) is 1.44. The van der Waals surface area contributed by atoms with Crippen molar-refractivity contribution in [2.45, 2.75) is 6.92 Å². The molecule has 0 unspecified atom stereocenters. The Morgan fingerprint density at radius 2 is 1.82 bits per heavy atom. The predicted molar refractivity (Wildman–Crippen MR) is 63.0 cm³/mol. The van der Waals surface area contributed by atoms with E-state index in [0.29, 0.717) is 17.8 Å². The number of hydrogen-bond donors (Lipinski definition) is 0. The maximum absolute atomic E-state index is 12.9. The monoisotopic (exact) mass is 230 g/mol. The Bertz CT molecular complexity index is 532. The van der Waals surface area contributed by atoms with Crippen LogP contribution in [0.4, 0.5) is 4.39 Å². The van der Waals surface area contributed by atoms with Crippen LogP contribution < -0.4 is 4.74 Å². The first-order valence-electron chi connectivity index (χ1n) is 5.18. The number of halogens is 1. The molecule has 0 aliphatic heterocycles. The summed E-state index contributed by atoms with van der Waals surface area (Å²) in [6, 6.07) is 11.3. The highest BCUT2D eigenvalue weighted by molar-refractivity contribution is 5.79. The lowest BCUT2D eigenvalue weighted by atomic mass is 10.2. The summed E-state index contributed by atoms with van der Waals surface area (Å²) >= 11 is 0. The third-order valence-corrected chi connectivity index (χ3v) is 2.35. The molecule has 0 spiro atoms. The van der Waals surface area contributed by atoms with E-state index in [2.05, 4.69) is 0 Å². The van der Waals surface area contributed by atoms with Crippen molar-refractivity contribution in [3.8, 4) is 11.5 Å². The number of aldehydes is 1. The second kappa shape index (κ2) is 4.78. The molecule has 0 aliphatic rings. The molecule has 2 aromatic rings. The summed E-state index contributed by atoms with van der Waals surface area (Å²) in [5, 5.41) is 0. The molecular formula is C14H11FO2. The van der Waals surface area contributed by atoms with Crippen LogP contribution in [0.5, 0.6) is 11.5 Å². The SMILES string of the molecule is Cc1ccc(Oc2ccc(F)cc2C=O)cc1. The minimum atomic E-state index is -0.455. The van der Waals surface area contributed by atoms with Gasteiger partial charge in [0.25, 0.3) is 0 Å². The maximum Gasteiger partial charge on any atom is 0.153 e. The summed E-state index contributed by atoms with van der Waals surface area (Å²) < 4.78 is 18.4. The highest BCUT2D eigenvalue weighted by atomic mass is 19.1. The standard InChI is InChI=1S/C14H11FO2/c1-10-2-5-13(6-3-10)17-14-7-4-12(15)8-11(14)9-16/h2-9H,1H3. The molecule has 2 aromatic carbocycles. The first kappa shape index (κ1) is 11.3. The molecule has 17 heavy (non-hydrogen) atoms. The van der Waals surface area contributed by atoms with E-state index in [1.807, 2.05) is 19.1 Å². The van der Waals surface area contributed by atoms with Crippen LogP contribution in [0.2, 0.25) is 0 Å². The Morgan fingerprint density at radius 1 is 1.12 bits per heavy atom. The Morgan fingerprint density at radius 3 is 2.47 bits per heavy atom. The average molecular weight is 230 g/mol. The third-order valence-electron chi connectivity index (χ3n) is 2.35. The zero-order valence-electron chi connectivity index (χ0n) is 9.31. The number of carbonyl (C=O) groups excluding carboxylic acids is 1. The van der Waals surface area contributed by atoms with Gasteiger partial charge < -0.3 is 4.74 Å². The molecule has 0 amide bonds.